The van der Waals surface area contributed by atoms with E-state index in [-0.39, 0.29) is 30.0 Å². The van der Waals surface area contributed by atoms with E-state index in [1.807, 2.05) is 0 Å². The SMILES string of the molecule is CC(=O)NCCC(O)C(O)c1ccc(C)c(C(F)(F)F)c1. The molecule has 3 N–H and O–H groups in total. The summed E-state index contributed by atoms with van der Waals surface area (Å²) in [5, 5.41) is 22.1. The van der Waals surface area contributed by atoms with E-state index in [1.165, 1.54) is 26.0 Å². The number of hydrogen-bond acceptors (Lipinski definition) is 3. The first-order chi connectivity index (χ1) is 9.62. The monoisotopic (exact) mass is 305 g/mol. The van der Waals surface area contributed by atoms with E-state index in [9.17, 15) is 28.2 Å². The minimum atomic E-state index is -4.51. The summed E-state index contributed by atoms with van der Waals surface area (Å²) in [6.07, 6.45) is -7.18. The minimum absolute atomic E-state index is 0.0109. The lowest BCUT2D eigenvalue weighted by Crippen LogP contribution is -2.27. The van der Waals surface area contributed by atoms with Crippen LogP contribution in [0.3, 0.4) is 0 Å². The maximum atomic E-state index is 12.8. The first kappa shape index (κ1) is 17.5. The molecule has 2 unspecified atom stereocenters. The molecule has 0 aromatic heterocycles. The number of rotatable bonds is 5. The van der Waals surface area contributed by atoms with Gasteiger partial charge in [0.2, 0.25) is 5.91 Å². The van der Waals surface area contributed by atoms with Crippen molar-refractivity contribution in [1.29, 1.82) is 0 Å². The lowest BCUT2D eigenvalue weighted by molar-refractivity contribution is -0.138. The lowest BCUT2D eigenvalue weighted by atomic mass is 9.97. The maximum absolute atomic E-state index is 12.8. The molecular weight excluding hydrogens is 287 g/mol. The summed E-state index contributed by atoms with van der Waals surface area (Å²) in [6, 6.07) is 3.43. The molecule has 0 saturated carbocycles. The van der Waals surface area contributed by atoms with Crippen LogP contribution in [0.1, 0.15) is 36.1 Å². The van der Waals surface area contributed by atoms with Gasteiger partial charge in [-0.05, 0) is 30.5 Å². The number of aliphatic hydroxyl groups excluding tert-OH is 2. The van der Waals surface area contributed by atoms with Crippen molar-refractivity contribution < 1.29 is 28.2 Å². The van der Waals surface area contributed by atoms with Gasteiger partial charge in [-0.3, -0.25) is 4.79 Å². The van der Waals surface area contributed by atoms with Gasteiger partial charge in [-0.25, -0.2) is 0 Å². The Balaban J connectivity index is 2.82. The third-order valence-corrected chi connectivity index (χ3v) is 3.09. The average molecular weight is 305 g/mol. The minimum Gasteiger partial charge on any atom is -0.390 e. The van der Waals surface area contributed by atoms with Gasteiger partial charge in [0.05, 0.1) is 11.7 Å². The first-order valence-electron chi connectivity index (χ1n) is 6.41. The maximum Gasteiger partial charge on any atom is 0.416 e. The summed E-state index contributed by atoms with van der Waals surface area (Å²) in [7, 11) is 0. The zero-order valence-corrected chi connectivity index (χ0v) is 11.7. The molecule has 0 aliphatic rings. The summed E-state index contributed by atoms with van der Waals surface area (Å²) in [4.78, 5) is 10.7. The molecule has 21 heavy (non-hydrogen) atoms. The van der Waals surface area contributed by atoms with Crippen molar-refractivity contribution in [2.45, 2.75) is 38.7 Å². The second-order valence-electron chi connectivity index (χ2n) is 4.86. The molecule has 0 radical (unpaired) electrons. The highest BCUT2D eigenvalue weighted by atomic mass is 19.4. The number of benzene rings is 1. The molecule has 118 valence electrons. The van der Waals surface area contributed by atoms with Crippen LogP contribution in [0.25, 0.3) is 0 Å². The molecule has 4 nitrogen and oxygen atoms in total. The average Bonchev–Trinajstić information content (AvgIpc) is 2.36. The quantitative estimate of drug-likeness (QED) is 0.778. The third kappa shape index (κ3) is 5.02. The van der Waals surface area contributed by atoms with Gasteiger partial charge in [0.25, 0.3) is 0 Å². The Morgan fingerprint density at radius 2 is 1.95 bits per heavy atom. The molecular formula is C14H18F3NO3. The van der Waals surface area contributed by atoms with Crippen molar-refractivity contribution in [1.82, 2.24) is 5.32 Å². The van der Waals surface area contributed by atoms with Crippen molar-refractivity contribution in [2.24, 2.45) is 0 Å². The number of aliphatic hydroxyl groups is 2. The van der Waals surface area contributed by atoms with Crippen molar-refractivity contribution in [3.63, 3.8) is 0 Å². The molecule has 0 bridgehead atoms. The van der Waals surface area contributed by atoms with Crippen LogP contribution < -0.4 is 5.32 Å². The highest BCUT2D eigenvalue weighted by molar-refractivity contribution is 5.72. The van der Waals surface area contributed by atoms with Gasteiger partial charge >= 0.3 is 6.18 Å². The standard InChI is InChI=1S/C14H18F3NO3/c1-8-3-4-10(7-11(8)14(15,16)17)13(21)12(20)5-6-18-9(2)19/h3-4,7,12-13,20-21H,5-6H2,1-2H3,(H,18,19). The number of hydrogen-bond donors (Lipinski definition) is 3. The number of carbonyl (C=O) groups excluding carboxylic acids is 1. The Hall–Kier alpha value is -1.60. The normalized spacial score (nSPS) is 14.6. The van der Waals surface area contributed by atoms with Crippen LogP contribution >= 0.6 is 0 Å². The van der Waals surface area contributed by atoms with Crippen molar-refractivity contribution in [3.8, 4) is 0 Å². The Kier molecular flexibility index (Phi) is 5.74. The highest BCUT2D eigenvalue weighted by Crippen LogP contribution is 2.34. The summed E-state index contributed by atoms with van der Waals surface area (Å²) < 4.78 is 38.4. The number of nitrogens with one attached hydrogen (secondary N) is 1. The van der Waals surface area contributed by atoms with Gasteiger partial charge < -0.3 is 15.5 Å². The van der Waals surface area contributed by atoms with E-state index in [4.69, 9.17) is 0 Å². The molecule has 0 aliphatic carbocycles. The molecule has 1 amide bonds. The molecule has 1 aromatic rings. The molecule has 0 spiro atoms. The zero-order valence-electron chi connectivity index (χ0n) is 11.7. The smallest absolute Gasteiger partial charge is 0.390 e. The van der Waals surface area contributed by atoms with Gasteiger partial charge in [-0.15, -0.1) is 0 Å². The molecule has 1 aromatic carbocycles. The first-order valence-corrected chi connectivity index (χ1v) is 6.41. The number of alkyl halides is 3. The molecule has 2 atom stereocenters. The number of amides is 1. The lowest BCUT2D eigenvalue weighted by Gasteiger charge is -2.20. The van der Waals surface area contributed by atoms with Crippen LogP contribution in [-0.2, 0) is 11.0 Å². The van der Waals surface area contributed by atoms with Crippen LogP contribution in [0.15, 0.2) is 18.2 Å². The Morgan fingerprint density at radius 1 is 1.33 bits per heavy atom. The number of aryl methyl sites for hydroxylation is 1. The van der Waals surface area contributed by atoms with E-state index in [0.29, 0.717) is 0 Å². The molecule has 7 heteroatoms. The fraction of sp³-hybridized carbons (Fsp3) is 0.500. The van der Waals surface area contributed by atoms with E-state index in [1.54, 1.807) is 0 Å². The summed E-state index contributed by atoms with van der Waals surface area (Å²) in [5.41, 5.74) is -0.803. The molecule has 0 heterocycles. The van der Waals surface area contributed by atoms with Crippen LogP contribution in [0.5, 0.6) is 0 Å². The van der Waals surface area contributed by atoms with Crippen LogP contribution in [0.2, 0.25) is 0 Å². The fourth-order valence-electron chi connectivity index (χ4n) is 1.91. The topological polar surface area (TPSA) is 69.6 Å². The molecule has 0 aliphatic heterocycles. The van der Waals surface area contributed by atoms with E-state index < -0.39 is 23.9 Å². The second-order valence-corrected chi connectivity index (χ2v) is 4.86. The zero-order chi connectivity index (χ0) is 16.2. The van der Waals surface area contributed by atoms with Gasteiger partial charge in [-0.1, -0.05) is 12.1 Å². The summed E-state index contributed by atoms with van der Waals surface area (Å²) in [5.74, 6) is -0.286. The van der Waals surface area contributed by atoms with E-state index in [2.05, 4.69) is 5.32 Å². The van der Waals surface area contributed by atoms with Gasteiger partial charge in [-0.2, -0.15) is 13.2 Å². The van der Waals surface area contributed by atoms with Crippen LogP contribution in [0, 0.1) is 6.92 Å². The predicted molar refractivity (Wildman–Crippen MR) is 70.4 cm³/mol. The molecule has 0 saturated heterocycles. The van der Waals surface area contributed by atoms with Crippen molar-refractivity contribution in [3.05, 3.63) is 34.9 Å². The summed E-state index contributed by atoms with van der Waals surface area (Å²) >= 11 is 0. The van der Waals surface area contributed by atoms with Crippen LogP contribution in [-0.4, -0.2) is 28.8 Å². The Morgan fingerprint density at radius 3 is 2.48 bits per heavy atom. The Labute approximate surface area is 120 Å². The van der Waals surface area contributed by atoms with Gasteiger partial charge in [0.1, 0.15) is 6.10 Å². The predicted octanol–water partition coefficient (Wildman–Crippen LogP) is 1.93. The summed E-state index contributed by atoms with van der Waals surface area (Å²) in [6.45, 7) is 2.76. The molecule has 0 fully saturated rings. The second kappa shape index (κ2) is 6.91. The number of carbonyl (C=O) groups is 1. The van der Waals surface area contributed by atoms with Crippen LogP contribution in [0.4, 0.5) is 13.2 Å². The molecule has 1 rings (SSSR count). The van der Waals surface area contributed by atoms with E-state index in [0.717, 1.165) is 6.07 Å². The Bertz CT molecular complexity index is 503. The van der Waals surface area contributed by atoms with Gasteiger partial charge in [0, 0.05) is 13.5 Å². The largest absolute Gasteiger partial charge is 0.416 e. The van der Waals surface area contributed by atoms with Crippen molar-refractivity contribution in [2.75, 3.05) is 6.54 Å². The third-order valence-electron chi connectivity index (χ3n) is 3.09. The van der Waals surface area contributed by atoms with E-state index >= 15 is 0 Å². The highest BCUT2D eigenvalue weighted by Gasteiger charge is 2.33. The fourth-order valence-corrected chi connectivity index (χ4v) is 1.91. The van der Waals surface area contributed by atoms with Gasteiger partial charge in [0.15, 0.2) is 0 Å². The van der Waals surface area contributed by atoms with Crippen molar-refractivity contribution >= 4 is 5.91 Å². The number of halogens is 3.